The molecule has 3 aromatic rings. The molecule has 1 aliphatic heterocycles. The number of nitrogens with zero attached hydrogens (tertiary/aromatic N) is 2. The lowest BCUT2D eigenvalue weighted by Crippen LogP contribution is -2.55. The fraction of sp³-hybridized carbons (Fsp3) is 0.105. The maximum absolute atomic E-state index is 12.6. The van der Waals surface area contributed by atoms with Crippen molar-refractivity contribution in [3.8, 4) is 0 Å². The van der Waals surface area contributed by atoms with Crippen LogP contribution >= 0.6 is 0 Å². The summed E-state index contributed by atoms with van der Waals surface area (Å²) in [6.07, 6.45) is 6.95. The molecule has 0 radical (unpaired) electrons. The highest BCUT2D eigenvalue weighted by atomic mass is 16.2. The molecule has 1 aromatic carbocycles. The van der Waals surface area contributed by atoms with Crippen LogP contribution in [0.2, 0.25) is 0 Å². The van der Waals surface area contributed by atoms with Crippen LogP contribution in [0.1, 0.15) is 28.3 Å². The number of fused-ring (bicyclic) bond motifs is 1. The highest BCUT2D eigenvalue weighted by Gasteiger charge is 2.45. The van der Waals surface area contributed by atoms with Gasteiger partial charge in [0.05, 0.1) is 0 Å². The second-order valence-corrected chi connectivity index (χ2v) is 5.79. The number of aromatic nitrogens is 2. The van der Waals surface area contributed by atoms with Gasteiger partial charge in [-0.25, -0.2) is 0 Å². The smallest absolute Gasteiger partial charge is 0.242 e. The number of benzene rings is 1. The summed E-state index contributed by atoms with van der Waals surface area (Å²) in [5, 5.41) is 3.12. The Balaban J connectivity index is 2.09. The Morgan fingerprint density at radius 2 is 1.54 bits per heavy atom. The molecule has 3 N–H and O–H groups in total. The average molecular weight is 316 g/mol. The average Bonchev–Trinajstić information content (AvgIpc) is 2.66. The van der Waals surface area contributed by atoms with Crippen LogP contribution in [0.15, 0.2) is 73.3 Å². The molecule has 1 aliphatic rings. The van der Waals surface area contributed by atoms with Gasteiger partial charge in [-0.1, -0.05) is 36.4 Å². The van der Waals surface area contributed by atoms with E-state index in [4.69, 9.17) is 5.73 Å². The van der Waals surface area contributed by atoms with Gasteiger partial charge in [-0.05, 0) is 23.3 Å². The summed E-state index contributed by atoms with van der Waals surface area (Å²) < 4.78 is 0. The Morgan fingerprint density at radius 3 is 2.12 bits per heavy atom. The van der Waals surface area contributed by atoms with Crippen LogP contribution in [-0.2, 0) is 10.3 Å². The summed E-state index contributed by atoms with van der Waals surface area (Å²) in [7, 11) is 0. The highest BCUT2D eigenvalue weighted by molar-refractivity contribution is 5.88. The zero-order valence-corrected chi connectivity index (χ0v) is 12.9. The van der Waals surface area contributed by atoms with Crippen molar-refractivity contribution in [3.05, 3.63) is 95.6 Å². The van der Waals surface area contributed by atoms with Crippen molar-refractivity contribution in [2.24, 2.45) is 5.73 Å². The number of amides is 1. The van der Waals surface area contributed by atoms with Crippen molar-refractivity contribution in [1.29, 1.82) is 0 Å². The highest BCUT2D eigenvalue weighted by Crippen LogP contribution is 2.42. The third-order valence-corrected chi connectivity index (χ3v) is 4.48. The number of nitrogens with one attached hydrogen (secondary N) is 1. The standard InChI is InChI=1S/C19H16N4O/c20-17-15-7-1-2-8-16(15)19(23-18(17)24,13-5-3-9-21-11-13)14-6-4-10-22-12-14/h1-12,17H,20H2,(H,23,24). The first-order valence-corrected chi connectivity index (χ1v) is 7.71. The third-order valence-electron chi connectivity index (χ3n) is 4.48. The molecule has 0 aliphatic carbocycles. The van der Waals surface area contributed by atoms with Crippen LogP contribution in [-0.4, -0.2) is 15.9 Å². The lowest BCUT2D eigenvalue weighted by molar-refractivity contribution is -0.124. The Labute approximate surface area is 139 Å². The second-order valence-electron chi connectivity index (χ2n) is 5.79. The Morgan fingerprint density at radius 1 is 0.917 bits per heavy atom. The van der Waals surface area contributed by atoms with Gasteiger partial charge in [0.2, 0.25) is 5.91 Å². The lowest BCUT2D eigenvalue weighted by Gasteiger charge is -2.42. The normalized spacial score (nSPS) is 18.5. The quantitative estimate of drug-likeness (QED) is 0.756. The van der Waals surface area contributed by atoms with Gasteiger partial charge in [0, 0.05) is 35.9 Å². The molecule has 24 heavy (non-hydrogen) atoms. The molecule has 0 spiro atoms. The minimum Gasteiger partial charge on any atom is -0.337 e. The van der Waals surface area contributed by atoms with Gasteiger partial charge < -0.3 is 11.1 Å². The largest absolute Gasteiger partial charge is 0.337 e. The van der Waals surface area contributed by atoms with Gasteiger partial charge >= 0.3 is 0 Å². The summed E-state index contributed by atoms with van der Waals surface area (Å²) in [6, 6.07) is 14.7. The molecule has 1 atom stereocenters. The van der Waals surface area contributed by atoms with E-state index >= 15 is 0 Å². The molecule has 0 saturated heterocycles. The summed E-state index contributed by atoms with van der Waals surface area (Å²) in [5.74, 6) is -0.221. The van der Waals surface area contributed by atoms with Crippen LogP contribution in [0.3, 0.4) is 0 Å². The summed E-state index contributed by atoms with van der Waals surface area (Å²) >= 11 is 0. The van der Waals surface area contributed by atoms with Crippen molar-refractivity contribution in [2.45, 2.75) is 11.6 Å². The fourth-order valence-electron chi connectivity index (χ4n) is 3.37. The lowest BCUT2D eigenvalue weighted by atomic mass is 9.72. The van der Waals surface area contributed by atoms with Gasteiger partial charge in [-0.3, -0.25) is 14.8 Å². The molecule has 3 heterocycles. The molecular weight excluding hydrogens is 300 g/mol. The number of nitrogens with two attached hydrogens (primary N) is 1. The van der Waals surface area contributed by atoms with E-state index < -0.39 is 11.6 Å². The number of carbonyl (C=O) groups excluding carboxylic acids is 1. The van der Waals surface area contributed by atoms with E-state index in [9.17, 15) is 4.79 Å². The van der Waals surface area contributed by atoms with Gasteiger partial charge in [-0.15, -0.1) is 0 Å². The predicted molar refractivity (Wildman–Crippen MR) is 89.9 cm³/mol. The first-order valence-electron chi connectivity index (χ1n) is 7.71. The monoisotopic (exact) mass is 316 g/mol. The molecule has 0 bridgehead atoms. The predicted octanol–water partition coefficient (Wildman–Crippen LogP) is 1.90. The summed E-state index contributed by atoms with van der Waals surface area (Å²) in [4.78, 5) is 21.1. The van der Waals surface area contributed by atoms with Crippen LogP contribution in [0.25, 0.3) is 0 Å². The topological polar surface area (TPSA) is 80.9 Å². The number of rotatable bonds is 2. The zero-order valence-electron chi connectivity index (χ0n) is 12.9. The minimum absolute atomic E-state index is 0.221. The SMILES string of the molecule is NC1C(=O)NC(c2cccnc2)(c2cccnc2)c2ccccc21. The maximum atomic E-state index is 12.6. The fourth-order valence-corrected chi connectivity index (χ4v) is 3.37. The van der Waals surface area contributed by atoms with Gasteiger partial charge in [0.15, 0.2) is 0 Å². The number of carbonyl (C=O) groups is 1. The Bertz CT molecular complexity index is 841. The number of hydrogen-bond acceptors (Lipinski definition) is 4. The molecule has 1 amide bonds. The van der Waals surface area contributed by atoms with E-state index in [1.54, 1.807) is 24.8 Å². The summed E-state index contributed by atoms with van der Waals surface area (Å²) in [6.45, 7) is 0. The third kappa shape index (κ3) is 2.02. The van der Waals surface area contributed by atoms with E-state index in [0.717, 1.165) is 22.3 Å². The van der Waals surface area contributed by atoms with Crippen LogP contribution in [0, 0.1) is 0 Å². The van der Waals surface area contributed by atoms with E-state index in [-0.39, 0.29) is 5.91 Å². The van der Waals surface area contributed by atoms with Crippen molar-refractivity contribution in [1.82, 2.24) is 15.3 Å². The molecule has 0 saturated carbocycles. The molecule has 5 heteroatoms. The molecule has 2 aromatic heterocycles. The van der Waals surface area contributed by atoms with Crippen LogP contribution in [0.5, 0.6) is 0 Å². The Kier molecular flexibility index (Phi) is 3.36. The van der Waals surface area contributed by atoms with E-state index in [2.05, 4.69) is 15.3 Å². The van der Waals surface area contributed by atoms with Crippen molar-refractivity contribution in [2.75, 3.05) is 0 Å². The number of pyridine rings is 2. The number of hydrogen-bond donors (Lipinski definition) is 2. The van der Waals surface area contributed by atoms with E-state index in [1.165, 1.54) is 0 Å². The van der Waals surface area contributed by atoms with E-state index in [0.29, 0.717) is 0 Å². The minimum atomic E-state index is -0.855. The van der Waals surface area contributed by atoms with Crippen molar-refractivity contribution >= 4 is 5.91 Å². The molecule has 0 fully saturated rings. The molecule has 4 rings (SSSR count). The zero-order chi connectivity index (χ0) is 16.6. The van der Waals surface area contributed by atoms with Crippen molar-refractivity contribution in [3.63, 3.8) is 0 Å². The van der Waals surface area contributed by atoms with Crippen LogP contribution < -0.4 is 11.1 Å². The summed E-state index contributed by atoms with van der Waals surface area (Å²) in [5.41, 5.74) is 8.76. The van der Waals surface area contributed by atoms with Gasteiger partial charge in [-0.2, -0.15) is 0 Å². The van der Waals surface area contributed by atoms with Gasteiger partial charge in [0.1, 0.15) is 11.6 Å². The first kappa shape index (κ1) is 14.5. The molecular formula is C19H16N4O. The maximum Gasteiger partial charge on any atom is 0.242 e. The van der Waals surface area contributed by atoms with Crippen LogP contribution in [0.4, 0.5) is 0 Å². The second kappa shape index (κ2) is 5.54. The van der Waals surface area contributed by atoms with Crippen molar-refractivity contribution < 1.29 is 4.79 Å². The Hall–Kier alpha value is -3.05. The molecule has 5 nitrogen and oxygen atoms in total. The van der Waals surface area contributed by atoms with E-state index in [1.807, 2.05) is 48.5 Å². The molecule has 1 unspecified atom stereocenters. The first-order chi connectivity index (χ1) is 11.7. The van der Waals surface area contributed by atoms with Gasteiger partial charge in [0.25, 0.3) is 0 Å². The molecule has 118 valence electrons.